The molecule has 0 aliphatic carbocycles. The van der Waals surface area contributed by atoms with Gasteiger partial charge in [-0.2, -0.15) is 0 Å². The Morgan fingerprint density at radius 1 is 0.816 bits per heavy atom. The van der Waals surface area contributed by atoms with Gasteiger partial charge in [0.15, 0.2) is 5.60 Å². The molecule has 1 N–H and O–H groups in total. The van der Waals surface area contributed by atoms with Crippen LogP contribution in [0.5, 0.6) is 11.5 Å². The van der Waals surface area contributed by atoms with Crippen molar-refractivity contribution < 1.29 is 14.3 Å². The fourth-order valence-corrected chi connectivity index (χ4v) is 5.93. The number of benzene rings is 4. The highest BCUT2D eigenvalue weighted by Crippen LogP contribution is 2.60. The Kier molecular flexibility index (Phi) is 5.68. The first-order valence-electron chi connectivity index (χ1n) is 13.3. The van der Waals surface area contributed by atoms with E-state index in [1.807, 2.05) is 48.5 Å². The number of anilines is 3. The molecule has 1 spiro atoms. The standard InChI is InChI=1S/C33H32N2O3/c1-6-35(7-2)31-29-28(19-21(4)30(31)34-26-17-12-13-20(3)22(26)5)37-27-18-11-10-16-25(27)33(29)24-15-9-8-14-23(24)32(36)38-33/h8-19,34H,6-7H2,1-5H3. The summed E-state index contributed by atoms with van der Waals surface area (Å²) in [5.41, 5.74) is 8.51. The molecule has 0 fully saturated rings. The number of ether oxygens (including phenoxy) is 2. The molecule has 192 valence electrons. The molecule has 4 aromatic rings. The molecule has 5 heteroatoms. The second kappa shape index (κ2) is 8.95. The number of carbonyl (C=O) groups excluding carboxylic acids is 1. The lowest BCUT2D eigenvalue weighted by Gasteiger charge is -2.41. The van der Waals surface area contributed by atoms with Gasteiger partial charge in [-0.05, 0) is 75.6 Å². The smallest absolute Gasteiger partial charge is 0.340 e. The second-order valence-corrected chi connectivity index (χ2v) is 10.0. The van der Waals surface area contributed by atoms with Crippen molar-refractivity contribution in [1.82, 2.24) is 0 Å². The van der Waals surface area contributed by atoms with Gasteiger partial charge in [0.05, 0.1) is 22.5 Å². The normalized spacial score (nSPS) is 16.8. The number of nitrogens with zero attached hydrogens (tertiary/aromatic N) is 1. The minimum atomic E-state index is -1.12. The van der Waals surface area contributed by atoms with Gasteiger partial charge in [0.1, 0.15) is 11.5 Å². The third-order valence-electron chi connectivity index (χ3n) is 8.02. The number of hydrogen-bond acceptors (Lipinski definition) is 5. The van der Waals surface area contributed by atoms with Gasteiger partial charge in [-0.1, -0.05) is 48.5 Å². The molecule has 0 aromatic heterocycles. The van der Waals surface area contributed by atoms with Crippen LogP contribution in [0.2, 0.25) is 0 Å². The highest BCUT2D eigenvalue weighted by atomic mass is 16.6. The number of carbonyl (C=O) groups is 1. The van der Waals surface area contributed by atoms with E-state index in [1.54, 1.807) is 0 Å². The molecule has 0 amide bonds. The zero-order valence-electron chi connectivity index (χ0n) is 22.5. The molecule has 0 saturated carbocycles. The van der Waals surface area contributed by atoms with Crippen molar-refractivity contribution in [2.24, 2.45) is 0 Å². The lowest BCUT2D eigenvalue weighted by molar-refractivity contribution is 0.0226. The molecule has 1 atom stereocenters. The van der Waals surface area contributed by atoms with Crippen LogP contribution in [0.3, 0.4) is 0 Å². The average Bonchev–Trinajstić information content (AvgIpc) is 3.21. The van der Waals surface area contributed by atoms with E-state index in [1.165, 1.54) is 11.1 Å². The number of rotatable bonds is 5. The molecule has 1 unspecified atom stereocenters. The molecule has 4 aromatic carbocycles. The summed E-state index contributed by atoms with van der Waals surface area (Å²) in [4.78, 5) is 15.7. The number of para-hydroxylation sites is 1. The highest BCUT2D eigenvalue weighted by Gasteiger charge is 2.55. The first-order valence-corrected chi connectivity index (χ1v) is 13.3. The van der Waals surface area contributed by atoms with Crippen molar-refractivity contribution in [3.63, 3.8) is 0 Å². The first kappa shape index (κ1) is 24.1. The van der Waals surface area contributed by atoms with Crippen LogP contribution >= 0.6 is 0 Å². The SMILES string of the molecule is CCN(CC)c1c(Nc2cccc(C)c2C)c(C)cc2c1C1(OC(=O)c3ccccc31)c1ccccc1O2. The third-order valence-corrected chi connectivity index (χ3v) is 8.02. The van der Waals surface area contributed by atoms with Crippen LogP contribution in [-0.2, 0) is 10.3 Å². The van der Waals surface area contributed by atoms with E-state index in [4.69, 9.17) is 9.47 Å². The zero-order valence-corrected chi connectivity index (χ0v) is 22.5. The van der Waals surface area contributed by atoms with E-state index in [0.29, 0.717) is 17.1 Å². The van der Waals surface area contributed by atoms with Crippen molar-refractivity contribution in [2.45, 2.75) is 40.2 Å². The Labute approximate surface area is 224 Å². The Balaban J connectivity index is 1.72. The number of hydrogen-bond donors (Lipinski definition) is 1. The van der Waals surface area contributed by atoms with E-state index in [9.17, 15) is 4.79 Å². The predicted molar refractivity (Wildman–Crippen MR) is 152 cm³/mol. The van der Waals surface area contributed by atoms with Crippen LogP contribution in [0, 0.1) is 20.8 Å². The molecular weight excluding hydrogens is 472 g/mol. The second-order valence-electron chi connectivity index (χ2n) is 10.0. The van der Waals surface area contributed by atoms with Crippen LogP contribution in [-0.4, -0.2) is 19.1 Å². The van der Waals surface area contributed by atoms with Crippen molar-refractivity contribution in [1.29, 1.82) is 0 Å². The van der Waals surface area contributed by atoms with Gasteiger partial charge in [0, 0.05) is 29.9 Å². The first-order chi connectivity index (χ1) is 18.4. The van der Waals surface area contributed by atoms with Crippen molar-refractivity contribution in [2.75, 3.05) is 23.3 Å². The summed E-state index contributed by atoms with van der Waals surface area (Å²) >= 11 is 0. The lowest BCUT2D eigenvalue weighted by atomic mass is 9.76. The predicted octanol–water partition coefficient (Wildman–Crippen LogP) is 7.77. The quantitative estimate of drug-likeness (QED) is 0.281. The molecule has 2 heterocycles. The van der Waals surface area contributed by atoms with E-state index in [0.717, 1.165) is 52.4 Å². The van der Waals surface area contributed by atoms with Crippen molar-refractivity contribution in [3.8, 4) is 11.5 Å². The van der Waals surface area contributed by atoms with Gasteiger partial charge in [-0.25, -0.2) is 4.79 Å². The summed E-state index contributed by atoms with van der Waals surface area (Å²) < 4.78 is 13.1. The van der Waals surface area contributed by atoms with Crippen LogP contribution in [0.4, 0.5) is 17.1 Å². The highest BCUT2D eigenvalue weighted by molar-refractivity contribution is 5.98. The maximum absolute atomic E-state index is 13.4. The summed E-state index contributed by atoms with van der Waals surface area (Å²) in [5, 5.41) is 3.78. The summed E-state index contributed by atoms with van der Waals surface area (Å²) in [6.45, 7) is 12.2. The van der Waals surface area contributed by atoms with Gasteiger partial charge in [-0.15, -0.1) is 0 Å². The molecular formula is C33H32N2O3. The Morgan fingerprint density at radius 3 is 2.29 bits per heavy atom. The monoisotopic (exact) mass is 504 g/mol. The van der Waals surface area contributed by atoms with Crippen molar-refractivity contribution >= 4 is 23.0 Å². The summed E-state index contributed by atoms with van der Waals surface area (Å²) in [6, 6.07) is 24.0. The number of nitrogens with one attached hydrogen (secondary N) is 1. The number of aryl methyl sites for hydroxylation is 2. The van der Waals surface area contributed by atoms with E-state index in [2.05, 4.69) is 69.1 Å². The van der Waals surface area contributed by atoms with E-state index >= 15 is 0 Å². The molecule has 0 bridgehead atoms. The van der Waals surface area contributed by atoms with Crippen LogP contribution < -0.4 is 15.0 Å². The molecule has 0 radical (unpaired) electrons. The maximum atomic E-state index is 13.4. The van der Waals surface area contributed by atoms with Crippen LogP contribution in [0.1, 0.15) is 57.6 Å². The largest absolute Gasteiger partial charge is 0.456 e. The molecule has 0 saturated heterocycles. The maximum Gasteiger partial charge on any atom is 0.340 e. The van der Waals surface area contributed by atoms with Crippen molar-refractivity contribution in [3.05, 3.63) is 112 Å². The third kappa shape index (κ3) is 3.34. The molecule has 5 nitrogen and oxygen atoms in total. The molecule has 38 heavy (non-hydrogen) atoms. The van der Waals surface area contributed by atoms with Crippen LogP contribution in [0.15, 0.2) is 72.8 Å². The summed E-state index contributed by atoms with van der Waals surface area (Å²) in [5.74, 6) is 1.09. The average molecular weight is 505 g/mol. The van der Waals surface area contributed by atoms with Gasteiger partial charge in [0.2, 0.25) is 0 Å². The minimum Gasteiger partial charge on any atom is -0.456 e. The zero-order chi connectivity index (χ0) is 26.6. The molecule has 2 aliphatic rings. The topological polar surface area (TPSA) is 50.8 Å². The van der Waals surface area contributed by atoms with Gasteiger partial charge < -0.3 is 19.7 Å². The van der Waals surface area contributed by atoms with E-state index < -0.39 is 5.60 Å². The number of esters is 1. The Hall–Kier alpha value is -4.25. The Bertz CT molecular complexity index is 1590. The minimum absolute atomic E-state index is 0.321. The van der Waals surface area contributed by atoms with Gasteiger partial charge >= 0.3 is 5.97 Å². The molecule has 2 aliphatic heterocycles. The van der Waals surface area contributed by atoms with Crippen LogP contribution in [0.25, 0.3) is 0 Å². The fraction of sp³-hybridized carbons (Fsp3) is 0.242. The van der Waals surface area contributed by atoms with Gasteiger partial charge in [0.25, 0.3) is 0 Å². The number of fused-ring (bicyclic) bond motifs is 6. The fourth-order valence-electron chi connectivity index (χ4n) is 5.93. The summed E-state index contributed by atoms with van der Waals surface area (Å²) in [7, 11) is 0. The van der Waals surface area contributed by atoms with E-state index in [-0.39, 0.29) is 5.97 Å². The van der Waals surface area contributed by atoms with Gasteiger partial charge in [-0.3, -0.25) is 0 Å². The lowest BCUT2D eigenvalue weighted by Crippen LogP contribution is -2.36. The summed E-state index contributed by atoms with van der Waals surface area (Å²) in [6.07, 6.45) is 0. The Morgan fingerprint density at radius 2 is 1.53 bits per heavy atom. The molecule has 6 rings (SSSR count).